The fraction of sp³-hybridized carbons (Fsp3) is 0.595. The van der Waals surface area contributed by atoms with E-state index in [9.17, 15) is 34.6 Å². The number of anilines is 1. The molecule has 6 atom stereocenters. The summed E-state index contributed by atoms with van der Waals surface area (Å²) in [6.07, 6.45) is 16.8. The lowest BCUT2D eigenvalue weighted by molar-refractivity contribution is -0.0690. The van der Waals surface area contributed by atoms with Gasteiger partial charge in [0.15, 0.2) is 0 Å². The highest BCUT2D eigenvalue weighted by Crippen LogP contribution is 2.46. The third-order valence-electron chi connectivity index (χ3n) is 10.1. The number of nitrogens with zero attached hydrogens (tertiary/aromatic N) is 4. The number of ether oxygens (including phenoxy) is 3. The molecule has 0 aliphatic carbocycles. The smallest absolute Gasteiger partial charge is 0.397 e. The van der Waals surface area contributed by atoms with Crippen LogP contribution in [-0.4, -0.2) is 75.6 Å². The van der Waals surface area contributed by atoms with Gasteiger partial charge in [-0.05, 0) is 74.1 Å². The summed E-state index contributed by atoms with van der Waals surface area (Å²) in [7, 11) is -4.83. The zero-order chi connectivity index (χ0) is 41.8. The third kappa shape index (κ3) is 14.2. The van der Waals surface area contributed by atoms with Gasteiger partial charge >= 0.3 is 7.82 Å². The number of fused-ring (bicyclic) bond motifs is 1. The van der Waals surface area contributed by atoms with E-state index >= 15 is 0 Å². The zero-order valence-corrected chi connectivity index (χ0v) is 34.3. The Morgan fingerprint density at radius 2 is 1.67 bits per heavy atom. The molecule has 3 aromatic rings. The van der Waals surface area contributed by atoms with Crippen molar-refractivity contribution in [1.82, 2.24) is 9.61 Å². The number of aromatic nitrogens is 2. The summed E-state index contributed by atoms with van der Waals surface area (Å²) >= 11 is 0. The maximum atomic E-state index is 14.1. The van der Waals surface area contributed by atoms with Crippen LogP contribution in [0.4, 0.5) is 10.1 Å². The molecule has 1 aliphatic heterocycles. The summed E-state index contributed by atoms with van der Waals surface area (Å²) in [6, 6.07) is 12.2. The van der Waals surface area contributed by atoms with Gasteiger partial charge in [-0.3, -0.25) is 9.05 Å². The monoisotopic (exact) mass is 827 g/mol. The Balaban J connectivity index is 1.21. The predicted octanol–water partition coefficient (Wildman–Crippen LogP) is 7.54. The molecular weight excluding hydrogens is 768 g/mol. The lowest BCUT2D eigenvalue weighted by atomic mass is 9.92. The van der Waals surface area contributed by atoms with E-state index in [1.165, 1.54) is 86.7 Å². The van der Waals surface area contributed by atoms with Crippen molar-refractivity contribution in [3.05, 3.63) is 77.4 Å². The summed E-state index contributed by atoms with van der Waals surface area (Å²) in [5, 5.41) is 45.3. The number of phosphoric acid groups is 1. The van der Waals surface area contributed by atoms with Gasteiger partial charge in [0.05, 0.1) is 55.0 Å². The van der Waals surface area contributed by atoms with Crippen LogP contribution in [0.25, 0.3) is 5.52 Å². The first-order valence-corrected chi connectivity index (χ1v) is 21.9. The van der Waals surface area contributed by atoms with Crippen LogP contribution in [0.1, 0.15) is 114 Å². The Bertz CT molecular complexity index is 1870. The first kappa shape index (κ1) is 47.0. The van der Waals surface area contributed by atoms with E-state index in [-0.39, 0.29) is 24.5 Å². The Hall–Kier alpha value is -3.73. The summed E-state index contributed by atoms with van der Waals surface area (Å²) < 4.78 is 56.3. The third-order valence-corrected chi connectivity index (χ3v) is 11.0. The van der Waals surface area contributed by atoms with Crippen molar-refractivity contribution in [3.63, 3.8) is 0 Å². The summed E-state index contributed by atoms with van der Waals surface area (Å²) in [4.78, 5) is 10.6. The molecule has 1 aliphatic rings. The fourth-order valence-electron chi connectivity index (χ4n) is 6.84. The average molecular weight is 828 g/mol. The minimum Gasteiger partial charge on any atom is -0.397 e. The van der Waals surface area contributed by atoms with Crippen LogP contribution in [0.15, 0.2) is 54.7 Å². The van der Waals surface area contributed by atoms with Crippen molar-refractivity contribution < 1.29 is 47.3 Å². The van der Waals surface area contributed by atoms with E-state index in [2.05, 4.69) is 24.2 Å². The van der Waals surface area contributed by atoms with Gasteiger partial charge in [-0.1, -0.05) is 76.9 Å². The lowest BCUT2D eigenvalue weighted by Gasteiger charge is -2.24. The molecule has 0 amide bonds. The number of halogens is 1. The second-order valence-electron chi connectivity index (χ2n) is 14.7. The van der Waals surface area contributed by atoms with Gasteiger partial charge in [-0.15, -0.1) is 0 Å². The number of hydrogen-bond acceptors (Lipinski definition) is 12. The molecule has 0 saturated carbocycles. The van der Waals surface area contributed by atoms with Crippen LogP contribution in [0.3, 0.4) is 0 Å². The number of hydrogen-bond donors (Lipinski definition) is 4. The number of nitrogens with two attached hydrogens (primary N) is 1. The number of rotatable bonds is 28. The van der Waals surface area contributed by atoms with Crippen LogP contribution < -0.4 is 5.73 Å². The van der Waals surface area contributed by atoms with Crippen molar-refractivity contribution in [2.75, 3.05) is 32.2 Å². The second-order valence-corrected chi connectivity index (χ2v) is 16.2. The Labute approximate surface area is 340 Å². The normalized spacial score (nSPS) is 21.0. The minimum atomic E-state index is -4.83. The van der Waals surface area contributed by atoms with Gasteiger partial charge in [0, 0.05) is 12.8 Å². The molecule has 1 unspecified atom stereocenters. The molecule has 4 rings (SSSR count). The van der Waals surface area contributed by atoms with Crippen molar-refractivity contribution in [2.45, 2.75) is 133 Å². The predicted molar refractivity (Wildman–Crippen MR) is 215 cm³/mol. The standard InChI is InChI=1S/C42H59FN5O9P/c1-2-3-4-5-6-7-8-9-10-11-12-13-14-15-16-17-22-53-28-35(54-27-33-23-32(26-44)24-34(43)25-33)29-55-58(51,52)56-30-38-40(49)41(50)42(31-45,57-38)39-19-18-37-36(46)20-21-47-48(37)39/h9-10,18-21,23-25,35,38,40-41,49-50H,2-8,11-17,22,27-30,46H2,1H3,(H,51,52)/b10-9-/t35-,38-,40-,41-,42+/m1/s1. The fourth-order valence-corrected chi connectivity index (χ4v) is 7.60. The first-order chi connectivity index (χ1) is 28.0. The number of benzene rings is 1. The molecule has 14 nitrogen and oxygen atoms in total. The van der Waals surface area contributed by atoms with Crippen LogP contribution in [0, 0.1) is 28.5 Å². The molecule has 16 heteroatoms. The summed E-state index contributed by atoms with van der Waals surface area (Å²) in [6.45, 7) is 1.31. The molecule has 0 bridgehead atoms. The number of aliphatic hydroxyl groups is 2. The molecule has 5 N–H and O–H groups in total. The Morgan fingerprint density at radius 3 is 2.36 bits per heavy atom. The van der Waals surface area contributed by atoms with Crippen molar-refractivity contribution in [1.29, 1.82) is 10.5 Å². The molecule has 58 heavy (non-hydrogen) atoms. The molecule has 0 spiro atoms. The van der Waals surface area contributed by atoms with Gasteiger partial charge < -0.3 is 35.1 Å². The van der Waals surface area contributed by atoms with E-state index < -0.39 is 56.9 Å². The molecule has 2 aromatic heterocycles. The second kappa shape index (κ2) is 24.4. The number of aliphatic hydroxyl groups excluding tert-OH is 2. The molecule has 1 fully saturated rings. The highest BCUT2D eigenvalue weighted by atomic mass is 31.2. The molecule has 3 heterocycles. The number of phosphoric ester groups is 1. The van der Waals surface area contributed by atoms with Crippen molar-refractivity contribution in [2.24, 2.45) is 0 Å². The quantitative estimate of drug-likeness (QED) is 0.0317. The van der Waals surface area contributed by atoms with Gasteiger partial charge in [0.2, 0.25) is 5.60 Å². The van der Waals surface area contributed by atoms with Gasteiger partial charge in [-0.2, -0.15) is 15.6 Å². The minimum absolute atomic E-state index is 0.0172. The lowest BCUT2D eigenvalue weighted by Crippen LogP contribution is -2.41. The molecule has 0 radical (unpaired) electrons. The average Bonchev–Trinajstić information content (AvgIpc) is 3.76. The van der Waals surface area contributed by atoms with E-state index in [1.807, 2.05) is 12.1 Å². The van der Waals surface area contributed by atoms with Crippen LogP contribution in [0.2, 0.25) is 0 Å². The Kier molecular flexibility index (Phi) is 19.7. The molecular formula is C42H59FN5O9P. The summed E-state index contributed by atoms with van der Waals surface area (Å²) in [5.74, 6) is -0.609. The zero-order valence-electron chi connectivity index (χ0n) is 33.4. The SMILES string of the molecule is CCCCCCCC/C=C\CCCCCCCCOC[C@H](COP(=O)(O)OC[C@H]1O[C@@](C#N)(c2ccc3c(N)ccnn23)[C@H](O)[C@@H]1O)OCc1cc(F)cc(C#N)c1. The van der Waals surface area contributed by atoms with E-state index in [4.69, 9.17) is 29.0 Å². The number of nitrogen functional groups attached to an aromatic ring is 1. The van der Waals surface area contributed by atoms with Crippen molar-refractivity contribution in [3.8, 4) is 12.1 Å². The van der Waals surface area contributed by atoms with Crippen LogP contribution in [-0.2, 0) is 40.0 Å². The maximum Gasteiger partial charge on any atom is 0.472 e. The highest BCUT2D eigenvalue weighted by Gasteiger charge is 2.58. The van der Waals surface area contributed by atoms with Crippen molar-refractivity contribution >= 4 is 19.0 Å². The molecule has 1 aromatic carbocycles. The van der Waals surface area contributed by atoms with E-state index in [0.29, 0.717) is 23.4 Å². The van der Waals surface area contributed by atoms with Crippen LogP contribution >= 0.6 is 7.82 Å². The maximum absolute atomic E-state index is 14.1. The topological polar surface area (TPSA) is 215 Å². The summed E-state index contributed by atoms with van der Waals surface area (Å²) in [5.41, 5.74) is 5.28. The largest absolute Gasteiger partial charge is 0.472 e. The van der Waals surface area contributed by atoms with Gasteiger partial charge in [0.25, 0.3) is 0 Å². The number of unbranched alkanes of at least 4 members (excludes halogenated alkanes) is 12. The molecule has 1 saturated heterocycles. The number of nitriles is 2. The van der Waals surface area contributed by atoms with E-state index in [0.717, 1.165) is 38.2 Å². The van der Waals surface area contributed by atoms with Gasteiger partial charge in [-0.25, -0.2) is 13.5 Å². The van der Waals surface area contributed by atoms with E-state index in [1.54, 1.807) is 12.1 Å². The molecule has 318 valence electrons. The van der Waals surface area contributed by atoms with Gasteiger partial charge in [0.1, 0.15) is 36.3 Å². The first-order valence-electron chi connectivity index (χ1n) is 20.4. The number of allylic oxidation sites excluding steroid dienone is 2. The van der Waals surface area contributed by atoms with Crippen LogP contribution in [0.5, 0.6) is 0 Å². The highest BCUT2D eigenvalue weighted by molar-refractivity contribution is 7.47. The Morgan fingerprint density at radius 1 is 0.983 bits per heavy atom.